The van der Waals surface area contributed by atoms with Crippen LogP contribution in [0.2, 0.25) is 0 Å². The predicted molar refractivity (Wildman–Crippen MR) is 72.7 cm³/mol. The van der Waals surface area contributed by atoms with Gasteiger partial charge in [0.05, 0.1) is 23.7 Å². The third-order valence-corrected chi connectivity index (χ3v) is 3.37. The molecule has 1 amide bonds. The van der Waals surface area contributed by atoms with Gasteiger partial charge in [-0.2, -0.15) is 0 Å². The lowest BCUT2D eigenvalue weighted by Gasteiger charge is -2.13. The van der Waals surface area contributed by atoms with Crippen molar-refractivity contribution in [2.45, 2.75) is 18.9 Å². The molecular weight excluding hydrogens is 262 g/mol. The highest BCUT2D eigenvalue weighted by atomic mass is 16.6. The molecule has 0 radical (unpaired) electrons. The molecule has 0 saturated heterocycles. The molecule has 0 bridgehead atoms. The molecule has 1 unspecified atom stereocenters. The Morgan fingerprint density at radius 2 is 2.30 bits per heavy atom. The van der Waals surface area contributed by atoms with Crippen molar-refractivity contribution < 1.29 is 14.5 Å². The number of hydrogen-bond acceptors (Lipinski definition) is 5. The van der Waals surface area contributed by atoms with Crippen LogP contribution in [0.5, 0.6) is 5.75 Å². The van der Waals surface area contributed by atoms with Gasteiger partial charge in [-0.3, -0.25) is 14.9 Å². The third-order valence-electron chi connectivity index (χ3n) is 3.37. The fourth-order valence-corrected chi connectivity index (χ4v) is 1.98. The number of methoxy groups -OCH3 is 1. The summed E-state index contributed by atoms with van der Waals surface area (Å²) >= 11 is 0. The van der Waals surface area contributed by atoms with Crippen molar-refractivity contribution in [2.24, 2.45) is 11.7 Å². The first-order chi connectivity index (χ1) is 9.52. The summed E-state index contributed by atoms with van der Waals surface area (Å²) in [5, 5.41) is 13.4. The van der Waals surface area contributed by atoms with Gasteiger partial charge in [0.1, 0.15) is 5.75 Å². The second-order valence-corrected chi connectivity index (χ2v) is 4.85. The van der Waals surface area contributed by atoms with E-state index in [1.165, 1.54) is 25.3 Å². The van der Waals surface area contributed by atoms with Crippen LogP contribution >= 0.6 is 0 Å². The molecule has 2 rings (SSSR count). The molecule has 0 aliphatic heterocycles. The molecule has 1 aliphatic rings. The van der Waals surface area contributed by atoms with Gasteiger partial charge in [0.25, 0.3) is 11.6 Å². The Bertz CT molecular complexity index is 528. The van der Waals surface area contributed by atoms with E-state index < -0.39 is 4.92 Å². The summed E-state index contributed by atoms with van der Waals surface area (Å²) in [5.74, 6) is 0.332. The fraction of sp³-hybridized carbons (Fsp3) is 0.462. The number of ether oxygens (including phenoxy) is 1. The molecule has 0 aromatic heterocycles. The summed E-state index contributed by atoms with van der Waals surface area (Å²) in [6.45, 7) is 0.393. The molecule has 1 saturated carbocycles. The fourth-order valence-electron chi connectivity index (χ4n) is 1.98. The minimum Gasteiger partial charge on any atom is -0.496 e. The smallest absolute Gasteiger partial charge is 0.273 e. The van der Waals surface area contributed by atoms with Gasteiger partial charge in [-0.1, -0.05) is 0 Å². The number of nitrogens with one attached hydrogen (secondary N) is 1. The first kappa shape index (κ1) is 14.3. The lowest BCUT2D eigenvalue weighted by Crippen LogP contribution is -2.38. The van der Waals surface area contributed by atoms with E-state index in [1.54, 1.807) is 0 Å². The zero-order valence-electron chi connectivity index (χ0n) is 11.2. The molecule has 1 aromatic carbocycles. The van der Waals surface area contributed by atoms with Crippen LogP contribution in [0.15, 0.2) is 18.2 Å². The van der Waals surface area contributed by atoms with Crippen LogP contribution in [0.3, 0.4) is 0 Å². The number of carbonyl (C=O) groups is 1. The summed E-state index contributed by atoms with van der Waals surface area (Å²) in [5.41, 5.74) is 6.05. The SMILES string of the molecule is COc1cc([N+](=O)[O-])ccc1C(=O)NCC(N)C1CC1. The quantitative estimate of drug-likeness (QED) is 0.598. The Balaban J connectivity index is 2.06. The number of nitrogens with two attached hydrogens (primary N) is 1. The van der Waals surface area contributed by atoms with Crippen molar-refractivity contribution in [1.29, 1.82) is 0 Å². The Morgan fingerprint density at radius 3 is 2.85 bits per heavy atom. The van der Waals surface area contributed by atoms with Crippen LogP contribution < -0.4 is 15.8 Å². The molecule has 0 heterocycles. The van der Waals surface area contributed by atoms with Gasteiger partial charge in [0.15, 0.2) is 0 Å². The maximum Gasteiger partial charge on any atom is 0.273 e. The van der Waals surface area contributed by atoms with Crippen molar-refractivity contribution in [3.8, 4) is 5.75 Å². The van der Waals surface area contributed by atoms with Crippen LogP contribution in [0.4, 0.5) is 5.69 Å². The minimum atomic E-state index is -0.535. The zero-order valence-corrected chi connectivity index (χ0v) is 11.2. The van der Waals surface area contributed by atoms with Crippen molar-refractivity contribution >= 4 is 11.6 Å². The topological polar surface area (TPSA) is 107 Å². The lowest BCUT2D eigenvalue weighted by molar-refractivity contribution is -0.384. The van der Waals surface area contributed by atoms with Gasteiger partial charge in [-0.25, -0.2) is 0 Å². The Morgan fingerprint density at radius 1 is 1.60 bits per heavy atom. The van der Waals surface area contributed by atoms with Crippen molar-refractivity contribution in [1.82, 2.24) is 5.32 Å². The molecule has 1 aromatic rings. The van der Waals surface area contributed by atoms with Crippen LogP contribution in [-0.4, -0.2) is 30.5 Å². The van der Waals surface area contributed by atoms with Crippen molar-refractivity contribution in [3.05, 3.63) is 33.9 Å². The second-order valence-electron chi connectivity index (χ2n) is 4.85. The van der Waals surface area contributed by atoms with Gasteiger partial charge in [-0.15, -0.1) is 0 Å². The maximum absolute atomic E-state index is 12.0. The monoisotopic (exact) mass is 279 g/mol. The molecule has 7 nitrogen and oxygen atoms in total. The number of nitrogens with zero attached hydrogens (tertiary/aromatic N) is 1. The van der Waals surface area contributed by atoms with E-state index in [-0.39, 0.29) is 28.9 Å². The molecule has 1 atom stereocenters. The third kappa shape index (κ3) is 3.24. The molecular formula is C13H17N3O4. The number of hydrogen-bond donors (Lipinski definition) is 2. The number of amides is 1. The average Bonchev–Trinajstić information content (AvgIpc) is 3.28. The van der Waals surface area contributed by atoms with Gasteiger partial charge in [0.2, 0.25) is 0 Å². The maximum atomic E-state index is 12.0. The highest BCUT2D eigenvalue weighted by Crippen LogP contribution is 2.31. The molecule has 0 spiro atoms. The molecule has 3 N–H and O–H groups in total. The van der Waals surface area contributed by atoms with E-state index in [2.05, 4.69) is 5.32 Å². The number of rotatable bonds is 6. The van der Waals surface area contributed by atoms with E-state index in [0.717, 1.165) is 12.8 Å². The van der Waals surface area contributed by atoms with Crippen LogP contribution in [0, 0.1) is 16.0 Å². The molecule has 1 fully saturated rings. The van der Waals surface area contributed by atoms with Crippen LogP contribution in [0.25, 0.3) is 0 Å². The summed E-state index contributed by atoms with van der Waals surface area (Å²) < 4.78 is 5.03. The molecule has 108 valence electrons. The molecule has 20 heavy (non-hydrogen) atoms. The predicted octanol–water partition coefficient (Wildman–Crippen LogP) is 1.07. The second kappa shape index (κ2) is 5.87. The van der Waals surface area contributed by atoms with E-state index in [1.807, 2.05) is 0 Å². The summed E-state index contributed by atoms with van der Waals surface area (Å²) in [6, 6.07) is 3.85. The first-order valence-corrected chi connectivity index (χ1v) is 6.39. The summed E-state index contributed by atoms with van der Waals surface area (Å²) in [4.78, 5) is 22.2. The van der Waals surface area contributed by atoms with Gasteiger partial charge in [0, 0.05) is 18.7 Å². The van der Waals surface area contributed by atoms with Gasteiger partial charge < -0.3 is 15.8 Å². The van der Waals surface area contributed by atoms with Crippen molar-refractivity contribution in [3.63, 3.8) is 0 Å². The highest BCUT2D eigenvalue weighted by Gasteiger charge is 2.28. The highest BCUT2D eigenvalue weighted by molar-refractivity contribution is 5.97. The van der Waals surface area contributed by atoms with Crippen LogP contribution in [0.1, 0.15) is 23.2 Å². The van der Waals surface area contributed by atoms with E-state index in [9.17, 15) is 14.9 Å². The van der Waals surface area contributed by atoms with Gasteiger partial charge in [-0.05, 0) is 24.8 Å². The first-order valence-electron chi connectivity index (χ1n) is 6.39. The van der Waals surface area contributed by atoms with E-state index >= 15 is 0 Å². The number of nitro benzene ring substituents is 1. The van der Waals surface area contributed by atoms with E-state index in [4.69, 9.17) is 10.5 Å². The molecule has 1 aliphatic carbocycles. The normalized spacial score (nSPS) is 15.5. The Labute approximate surface area is 116 Å². The van der Waals surface area contributed by atoms with E-state index in [0.29, 0.717) is 12.5 Å². The Kier molecular flexibility index (Phi) is 4.19. The summed E-state index contributed by atoms with van der Waals surface area (Å²) in [6.07, 6.45) is 2.22. The minimum absolute atomic E-state index is 0.0389. The Hall–Kier alpha value is -2.15. The number of benzene rings is 1. The lowest BCUT2D eigenvalue weighted by atomic mass is 10.1. The van der Waals surface area contributed by atoms with Crippen LogP contribution in [-0.2, 0) is 0 Å². The van der Waals surface area contributed by atoms with Gasteiger partial charge >= 0.3 is 0 Å². The number of nitro groups is 1. The molecule has 7 heteroatoms. The standard InChI is InChI=1S/C13H17N3O4/c1-20-12-6-9(16(18)19)4-5-10(12)13(17)15-7-11(14)8-2-3-8/h4-6,8,11H,2-3,7,14H2,1H3,(H,15,17). The number of non-ortho nitro benzene ring substituents is 1. The number of carbonyl (C=O) groups excluding carboxylic acids is 1. The van der Waals surface area contributed by atoms with Crippen molar-refractivity contribution in [2.75, 3.05) is 13.7 Å². The zero-order chi connectivity index (χ0) is 14.7. The average molecular weight is 279 g/mol. The largest absolute Gasteiger partial charge is 0.496 e. The summed E-state index contributed by atoms with van der Waals surface area (Å²) in [7, 11) is 1.37.